The van der Waals surface area contributed by atoms with E-state index in [0.29, 0.717) is 0 Å². The molecular formula is C12H19NOS. The summed E-state index contributed by atoms with van der Waals surface area (Å²) in [7, 11) is 0. The molecule has 1 aromatic rings. The van der Waals surface area contributed by atoms with E-state index >= 15 is 0 Å². The van der Waals surface area contributed by atoms with Crippen LogP contribution in [0.3, 0.4) is 0 Å². The van der Waals surface area contributed by atoms with Gasteiger partial charge in [0, 0.05) is 18.0 Å². The van der Waals surface area contributed by atoms with E-state index in [4.69, 9.17) is 0 Å². The van der Waals surface area contributed by atoms with Gasteiger partial charge in [0.2, 0.25) is 0 Å². The number of aliphatic hydroxyl groups is 1. The van der Waals surface area contributed by atoms with Gasteiger partial charge in [-0.05, 0) is 43.7 Å². The summed E-state index contributed by atoms with van der Waals surface area (Å²) in [6.07, 6.45) is 4.64. The van der Waals surface area contributed by atoms with Crippen LogP contribution in [0.2, 0.25) is 0 Å². The van der Waals surface area contributed by atoms with Gasteiger partial charge >= 0.3 is 0 Å². The molecule has 2 nitrogen and oxygen atoms in total. The van der Waals surface area contributed by atoms with Gasteiger partial charge in [0.05, 0.1) is 6.10 Å². The molecule has 0 amide bonds. The van der Waals surface area contributed by atoms with Gasteiger partial charge in [-0.25, -0.2) is 0 Å². The third kappa shape index (κ3) is 3.59. The van der Waals surface area contributed by atoms with Crippen molar-refractivity contribution in [3.05, 3.63) is 22.4 Å². The fourth-order valence-electron chi connectivity index (χ4n) is 2.10. The Morgan fingerprint density at radius 1 is 1.47 bits per heavy atom. The zero-order chi connectivity index (χ0) is 10.5. The van der Waals surface area contributed by atoms with Gasteiger partial charge < -0.3 is 10.0 Å². The molecule has 1 aliphatic rings. The highest BCUT2D eigenvalue weighted by Gasteiger charge is 2.18. The summed E-state index contributed by atoms with van der Waals surface area (Å²) in [6, 6.07) is 4.33. The number of hydrogen-bond acceptors (Lipinski definition) is 3. The monoisotopic (exact) mass is 225 g/mol. The molecule has 1 saturated heterocycles. The van der Waals surface area contributed by atoms with Crippen molar-refractivity contribution in [2.45, 2.75) is 31.8 Å². The largest absolute Gasteiger partial charge is 0.392 e. The fourth-order valence-corrected chi connectivity index (χ4v) is 2.86. The second-order valence-electron chi connectivity index (χ2n) is 4.28. The van der Waals surface area contributed by atoms with Gasteiger partial charge in [0.1, 0.15) is 0 Å². The van der Waals surface area contributed by atoms with E-state index in [1.807, 2.05) is 11.3 Å². The Kier molecular flexibility index (Phi) is 4.18. The van der Waals surface area contributed by atoms with Crippen molar-refractivity contribution in [2.24, 2.45) is 0 Å². The normalized spacial score (nSPS) is 22.3. The van der Waals surface area contributed by atoms with E-state index in [1.165, 1.54) is 24.1 Å². The van der Waals surface area contributed by atoms with Crippen molar-refractivity contribution >= 4 is 11.3 Å². The molecule has 2 heterocycles. The predicted molar refractivity (Wildman–Crippen MR) is 64.3 cm³/mol. The number of thiophene rings is 1. The fraction of sp³-hybridized carbons (Fsp3) is 0.667. The first-order valence-electron chi connectivity index (χ1n) is 5.77. The number of unbranched alkanes of at least 4 members (excludes halogenated alkanes) is 1. The molecule has 2 rings (SSSR count). The van der Waals surface area contributed by atoms with Gasteiger partial charge in [0.15, 0.2) is 0 Å². The van der Waals surface area contributed by atoms with Crippen LogP contribution in [0.1, 0.15) is 24.1 Å². The number of nitrogens with zero attached hydrogens (tertiary/aromatic N) is 1. The molecular weight excluding hydrogens is 206 g/mol. The highest BCUT2D eigenvalue weighted by molar-refractivity contribution is 7.09. The Labute approximate surface area is 95.5 Å². The molecule has 15 heavy (non-hydrogen) atoms. The maximum atomic E-state index is 9.37. The third-order valence-electron chi connectivity index (χ3n) is 2.98. The van der Waals surface area contributed by atoms with Crippen LogP contribution in [-0.4, -0.2) is 35.7 Å². The Morgan fingerprint density at radius 2 is 2.40 bits per heavy atom. The number of aryl methyl sites for hydroxylation is 1. The average Bonchev–Trinajstić information content (AvgIpc) is 2.84. The molecule has 84 valence electrons. The summed E-state index contributed by atoms with van der Waals surface area (Å²) in [5.41, 5.74) is 0. The van der Waals surface area contributed by atoms with Crippen LogP contribution < -0.4 is 0 Å². The van der Waals surface area contributed by atoms with Crippen LogP contribution in [0.25, 0.3) is 0 Å². The predicted octanol–water partition coefficient (Wildman–Crippen LogP) is 2.14. The maximum absolute atomic E-state index is 9.37. The van der Waals surface area contributed by atoms with Crippen molar-refractivity contribution < 1.29 is 5.11 Å². The molecule has 1 atom stereocenters. The lowest BCUT2D eigenvalue weighted by atomic mass is 10.2. The first-order chi connectivity index (χ1) is 7.34. The zero-order valence-electron chi connectivity index (χ0n) is 9.06. The second-order valence-corrected chi connectivity index (χ2v) is 5.31. The zero-order valence-corrected chi connectivity index (χ0v) is 9.88. The van der Waals surface area contributed by atoms with Crippen LogP contribution in [0.4, 0.5) is 0 Å². The molecule has 0 radical (unpaired) electrons. The van der Waals surface area contributed by atoms with Gasteiger partial charge in [0.25, 0.3) is 0 Å². The molecule has 1 aliphatic heterocycles. The average molecular weight is 225 g/mol. The SMILES string of the molecule is O[C@H]1CCN(CCCCc2cccs2)C1. The van der Waals surface area contributed by atoms with Crippen LogP contribution >= 0.6 is 11.3 Å². The van der Waals surface area contributed by atoms with Gasteiger partial charge in [-0.15, -0.1) is 11.3 Å². The molecule has 0 aliphatic carbocycles. The van der Waals surface area contributed by atoms with Crippen molar-refractivity contribution in [3.63, 3.8) is 0 Å². The van der Waals surface area contributed by atoms with Gasteiger partial charge in [-0.1, -0.05) is 6.07 Å². The van der Waals surface area contributed by atoms with Crippen molar-refractivity contribution in [3.8, 4) is 0 Å². The Morgan fingerprint density at radius 3 is 3.07 bits per heavy atom. The molecule has 0 unspecified atom stereocenters. The number of β-amino-alcohol motifs (C(OH)–C–C–N with tert-alkyl or cyclic N) is 1. The van der Waals surface area contributed by atoms with Gasteiger partial charge in [-0.2, -0.15) is 0 Å². The Balaban J connectivity index is 1.55. The Hall–Kier alpha value is -0.380. The summed E-state index contributed by atoms with van der Waals surface area (Å²) in [5.74, 6) is 0. The highest BCUT2D eigenvalue weighted by atomic mass is 32.1. The van der Waals surface area contributed by atoms with E-state index in [2.05, 4.69) is 22.4 Å². The summed E-state index contributed by atoms with van der Waals surface area (Å²) < 4.78 is 0. The van der Waals surface area contributed by atoms with Gasteiger partial charge in [-0.3, -0.25) is 0 Å². The topological polar surface area (TPSA) is 23.5 Å². The van der Waals surface area contributed by atoms with E-state index in [0.717, 1.165) is 26.1 Å². The molecule has 1 N–H and O–H groups in total. The Bertz CT molecular complexity index is 273. The summed E-state index contributed by atoms with van der Waals surface area (Å²) in [4.78, 5) is 3.87. The van der Waals surface area contributed by atoms with Crippen molar-refractivity contribution in [1.29, 1.82) is 0 Å². The smallest absolute Gasteiger partial charge is 0.0679 e. The molecule has 1 fully saturated rings. The lowest BCUT2D eigenvalue weighted by Gasteiger charge is -2.13. The molecule has 3 heteroatoms. The molecule has 1 aromatic heterocycles. The second kappa shape index (κ2) is 5.64. The van der Waals surface area contributed by atoms with E-state index < -0.39 is 0 Å². The van der Waals surface area contributed by atoms with E-state index in [1.54, 1.807) is 0 Å². The van der Waals surface area contributed by atoms with Crippen LogP contribution in [-0.2, 0) is 6.42 Å². The van der Waals surface area contributed by atoms with E-state index in [9.17, 15) is 5.11 Å². The molecule has 0 aromatic carbocycles. The molecule has 0 spiro atoms. The quantitative estimate of drug-likeness (QED) is 0.776. The van der Waals surface area contributed by atoms with Crippen LogP contribution in [0.5, 0.6) is 0 Å². The molecule has 0 bridgehead atoms. The highest BCUT2D eigenvalue weighted by Crippen LogP contribution is 2.13. The summed E-state index contributed by atoms with van der Waals surface area (Å²) in [5, 5.41) is 11.5. The maximum Gasteiger partial charge on any atom is 0.0679 e. The third-order valence-corrected chi connectivity index (χ3v) is 3.91. The number of hydrogen-bond donors (Lipinski definition) is 1. The minimum Gasteiger partial charge on any atom is -0.392 e. The first kappa shape index (κ1) is 11.1. The number of likely N-dealkylation sites (tertiary alicyclic amines) is 1. The lowest BCUT2D eigenvalue weighted by molar-refractivity contribution is 0.176. The lowest BCUT2D eigenvalue weighted by Crippen LogP contribution is -2.23. The van der Waals surface area contributed by atoms with Crippen LogP contribution in [0, 0.1) is 0 Å². The van der Waals surface area contributed by atoms with E-state index in [-0.39, 0.29) is 6.10 Å². The summed E-state index contributed by atoms with van der Waals surface area (Å²) >= 11 is 1.85. The summed E-state index contributed by atoms with van der Waals surface area (Å²) in [6.45, 7) is 3.13. The minimum absolute atomic E-state index is 0.0673. The number of rotatable bonds is 5. The standard InChI is InChI=1S/C12H19NOS/c14-11-6-8-13(10-11)7-2-1-4-12-5-3-9-15-12/h3,5,9,11,14H,1-2,4,6-8,10H2/t11-/m0/s1. The van der Waals surface area contributed by atoms with Crippen molar-refractivity contribution in [2.75, 3.05) is 19.6 Å². The van der Waals surface area contributed by atoms with Crippen molar-refractivity contribution in [1.82, 2.24) is 4.90 Å². The van der Waals surface area contributed by atoms with Crippen LogP contribution in [0.15, 0.2) is 17.5 Å². The first-order valence-corrected chi connectivity index (χ1v) is 6.65. The minimum atomic E-state index is -0.0673. The number of aliphatic hydroxyl groups excluding tert-OH is 1. The molecule has 0 saturated carbocycles.